The summed E-state index contributed by atoms with van der Waals surface area (Å²) in [7, 11) is 0. The predicted octanol–water partition coefficient (Wildman–Crippen LogP) is 3.29. The lowest BCUT2D eigenvalue weighted by Crippen LogP contribution is -2.13. The lowest BCUT2D eigenvalue weighted by molar-refractivity contribution is 0.520. The molecule has 0 aromatic carbocycles. The fraction of sp³-hybridized carbons (Fsp3) is 0.600. The number of nitrogens with zero attached hydrogens (tertiary/aromatic N) is 3. The minimum Gasteiger partial charge on any atom is -0.382 e. The maximum Gasteiger partial charge on any atom is 0.151 e. The van der Waals surface area contributed by atoms with Crippen LogP contribution in [0.5, 0.6) is 0 Å². The maximum absolute atomic E-state index is 6.12. The molecule has 0 saturated carbocycles. The Hall–Kier alpha value is -1.29. The Morgan fingerprint density at radius 3 is 2.70 bits per heavy atom. The molecule has 0 atom stereocenters. The molecule has 0 aliphatic heterocycles. The maximum atomic E-state index is 6.12. The van der Waals surface area contributed by atoms with Crippen LogP contribution >= 0.6 is 11.6 Å². The first kappa shape index (κ1) is 13.7. The number of hydrogen-bond donors (Lipinski definition) is 1. The van der Waals surface area contributed by atoms with Gasteiger partial charge in [-0.3, -0.25) is 0 Å². The van der Waals surface area contributed by atoms with Crippen LogP contribution in [0.4, 0.5) is 5.82 Å². The van der Waals surface area contributed by atoms with E-state index in [0.717, 1.165) is 36.4 Å². The van der Waals surface area contributed by atoms with Crippen LogP contribution in [-0.2, 0) is 25.3 Å². The van der Waals surface area contributed by atoms with E-state index in [1.807, 2.05) is 0 Å². The van der Waals surface area contributed by atoms with E-state index in [2.05, 4.69) is 28.4 Å². The first-order chi connectivity index (χ1) is 9.61. The summed E-state index contributed by atoms with van der Waals surface area (Å²) in [5.41, 5.74) is 10.6. The molecule has 4 nitrogen and oxygen atoms in total. The topological polar surface area (TPSA) is 56.7 Å². The zero-order chi connectivity index (χ0) is 14.3. The zero-order valence-corrected chi connectivity index (χ0v) is 12.9. The van der Waals surface area contributed by atoms with Crippen molar-refractivity contribution >= 4 is 28.5 Å². The van der Waals surface area contributed by atoms with Gasteiger partial charge >= 0.3 is 0 Å². The second kappa shape index (κ2) is 5.24. The van der Waals surface area contributed by atoms with Gasteiger partial charge in [0.1, 0.15) is 11.3 Å². The minimum absolute atomic E-state index is 0.412. The highest BCUT2D eigenvalue weighted by molar-refractivity contribution is 6.17. The Morgan fingerprint density at radius 1 is 1.25 bits per heavy atom. The number of alkyl halides is 1. The van der Waals surface area contributed by atoms with Gasteiger partial charge in [-0.2, -0.15) is 0 Å². The number of hydrogen-bond acceptors (Lipinski definition) is 3. The van der Waals surface area contributed by atoms with Crippen molar-refractivity contribution in [2.75, 3.05) is 5.73 Å². The van der Waals surface area contributed by atoms with E-state index in [1.165, 1.54) is 23.9 Å². The largest absolute Gasteiger partial charge is 0.382 e. The van der Waals surface area contributed by atoms with Crippen LogP contribution in [-0.4, -0.2) is 14.5 Å². The van der Waals surface area contributed by atoms with Crippen molar-refractivity contribution in [2.24, 2.45) is 5.92 Å². The predicted molar refractivity (Wildman–Crippen MR) is 83.0 cm³/mol. The van der Waals surface area contributed by atoms with Crippen LogP contribution in [0, 0.1) is 5.92 Å². The van der Waals surface area contributed by atoms with E-state index in [-0.39, 0.29) is 0 Å². The van der Waals surface area contributed by atoms with Crippen LogP contribution in [0.1, 0.15) is 43.8 Å². The summed E-state index contributed by atoms with van der Waals surface area (Å²) < 4.78 is 2.26. The molecule has 0 unspecified atom stereocenters. The molecule has 108 valence electrons. The van der Waals surface area contributed by atoms with Gasteiger partial charge in [-0.25, -0.2) is 9.97 Å². The van der Waals surface area contributed by atoms with Crippen molar-refractivity contribution in [3.05, 3.63) is 17.1 Å². The highest BCUT2D eigenvalue weighted by Gasteiger charge is 2.22. The molecule has 1 aliphatic rings. The Bertz CT molecular complexity index is 645. The summed E-state index contributed by atoms with van der Waals surface area (Å²) in [5.74, 6) is 2.41. The number of rotatable bonds is 3. The van der Waals surface area contributed by atoms with E-state index in [1.54, 1.807) is 0 Å². The van der Waals surface area contributed by atoms with E-state index < -0.39 is 0 Å². The van der Waals surface area contributed by atoms with Crippen LogP contribution in [0.2, 0.25) is 0 Å². The second-order valence-electron chi connectivity index (χ2n) is 5.99. The third-order valence-electron chi connectivity index (χ3n) is 3.94. The van der Waals surface area contributed by atoms with Gasteiger partial charge in [0.15, 0.2) is 5.82 Å². The van der Waals surface area contributed by atoms with Crippen molar-refractivity contribution in [1.82, 2.24) is 14.5 Å². The molecule has 0 amide bonds. The molecule has 1 aliphatic carbocycles. The van der Waals surface area contributed by atoms with E-state index >= 15 is 0 Å². The fourth-order valence-electron chi connectivity index (χ4n) is 3.11. The standard InChI is InChI=1S/C15H21ClN4/c1-9(2)8-20-12(7-16)19-13-14(20)10-5-3-4-6-11(10)18-15(13)17/h9H,3-8H2,1-2H3,(H2,17,18). The Kier molecular flexibility index (Phi) is 3.59. The van der Waals surface area contributed by atoms with Crippen LogP contribution in [0.15, 0.2) is 0 Å². The SMILES string of the molecule is CC(C)Cn1c(CCl)nc2c(N)nc3c(c21)CCCC3. The molecular weight excluding hydrogens is 272 g/mol. The lowest BCUT2D eigenvalue weighted by atomic mass is 9.94. The number of halogens is 1. The summed E-state index contributed by atoms with van der Waals surface area (Å²) >= 11 is 6.08. The highest BCUT2D eigenvalue weighted by Crippen LogP contribution is 2.32. The molecule has 2 aromatic heterocycles. The van der Waals surface area contributed by atoms with E-state index in [4.69, 9.17) is 17.3 Å². The summed E-state index contributed by atoms with van der Waals surface area (Å²) in [6.07, 6.45) is 4.52. The van der Waals surface area contributed by atoms with Crippen molar-refractivity contribution in [3.8, 4) is 0 Å². The summed E-state index contributed by atoms with van der Waals surface area (Å²) in [6.45, 7) is 5.34. The van der Waals surface area contributed by atoms with Gasteiger partial charge in [0, 0.05) is 12.2 Å². The van der Waals surface area contributed by atoms with Gasteiger partial charge in [0.05, 0.1) is 11.4 Å². The van der Waals surface area contributed by atoms with Gasteiger partial charge in [-0.15, -0.1) is 11.6 Å². The number of imidazole rings is 1. The average Bonchev–Trinajstić information content (AvgIpc) is 2.78. The number of fused-ring (bicyclic) bond motifs is 3. The number of anilines is 1. The monoisotopic (exact) mass is 292 g/mol. The van der Waals surface area contributed by atoms with Crippen molar-refractivity contribution < 1.29 is 0 Å². The molecule has 20 heavy (non-hydrogen) atoms. The molecule has 0 bridgehead atoms. The quantitative estimate of drug-likeness (QED) is 0.883. The molecule has 0 spiro atoms. The van der Waals surface area contributed by atoms with E-state index in [9.17, 15) is 0 Å². The molecule has 2 aromatic rings. The fourth-order valence-corrected chi connectivity index (χ4v) is 3.32. The highest BCUT2D eigenvalue weighted by atomic mass is 35.5. The molecule has 5 heteroatoms. The number of nitrogen functional groups attached to an aromatic ring is 1. The van der Waals surface area contributed by atoms with Gasteiger partial charge in [-0.1, -0.05) is 13.8 Å². The Labute approximate surface area is 124 Å². The normalized spacial score (nSPS) is 15.0. The number of pyridine rings is 1. The van der Waals surface area contributed by atoms with Gasteiger partial charge < -0.3 is 10.3 Å². The average molecular weight is 293 g/mol. The summed E-state index contributed by atoms with van der Waals surface area (Å²) in [6, 6.07) is 0. The third-order valence-corrected chi connectivity index (χ3v) is 4.18. The summed E-state index contributed by atoms with van der Waals surface area (Å²) in [5, 5.41) is 0. The van der Waals surface area contributed by atoms with Gasteiger partial charge in [-0.05, 0) is 37.2 Å². The van der Waals surface area contributed by atoms with Crippen LogP contribution in [0.3, 0.4) is 0 Å². The lowest BCUT2D eigenvalue weighted by Gasteiger charge is -2.19. The van der Waals surface area contributed by atoms with Crippen molar-refractivity contribution in [1.29, 1.82) is 0 Å². The number of nitrogens with two attached hydrogens (primary N) is 1. The molecule has 2 N–H and O–H groups in total. The third kappa shape index (κ3) is 2.16. The van der Waals surface area contributed by atoms with Crippen LogP contribution in [0.25, 0.3) is 11.0 Å². The Morgan fingerprint density at radius 2 is 2.00 bits per heavy atom. The number of aryl methyl sites for hydroxylation is 2. The van der Waals surface area contributed by atoms with E-state index in [0.29, 0.717) is 17.6 Å². The Balaban J connectivity index is 2.31. The molecule has 0 fully saturated rings. The van der Waals surface area contributed by atoms with Crippen molar-refractivity contribution in [2.45, 2.75) is 52.0 Å². The molecule has 0 radical (unpaired) electrons. The van der Waals surface area contributed by atoms with Gasteiger partial charge in [0.2, 0.25) is 0 Å². The molecular formula is C15H21ClN4. The molecule has 3 rings (SSSR count). The minimum atomic E-state index is 0.412. The van der Waals surface area contributed by atoms with Crippen molar-refractivity contribution in [3.63, 3.8) is 0 Å². The van der Waals surface area contributed by atoms with Gasteiger partial charge in [0.25, 0.3) is 0 Å². The summed E-state index contributed by atoms with van der Waals surface area (Å²) in [4.78, 5) is 9.20. The zero-order valence-electron chi connectivity index (χ0n) is 12.1. The first-order valence-corrected chi connectivity index (χ1v) is 7.87. The first-order valence-electron chi connectivity index (χ1n) is 7.34. The molecule has 0 saturated heterocycles. The number of aromatic nitrogens is 3. The second-order valence-corrected chi connectivity index (χ2v) is 6.26. The van der Waals surface area contributed by atoms with Crippen LogP contribution < -0.4 is 5.73 Å². The smallest absolute Gasteiger partial charge is 0.151 e. The molecule has 2 heterocycles.